The summed E-state index contributed by atoms with van der Waals surface area (Å²) in [5.74, 6) is -1.71. The number of carbonyl (C=O) groups excluding carboxylic acids is 1. The molecule has 0 atom stereocenters. The van der Waals surface area contributed by atoms with Crippen LogP contribution in [0.1, 0.15) is 16.1 Å². The van der Waals surface area contributed by atoms with E-state index in [9.17, 15) is 22.4 Å². The number of hydrogen-bond acceptors (Lipinski definition) is 4. The molecule has 100 valence electrons. The topological polar surface area (TPSA) is 48.4 Å². The second-order valence-electron chi connectivity index (χ2n) is 2.93. The molecule has 0 N–H and O–H groups in total. The van der Waals surface area contributed by atoms with Crippen LogP contribution in [0, 0.1) is 3.57 Å². The van der Waals surface area contributed by atoms with E-state index in [0.29, 0.717) is 0 Å². The van der Waals surface area contributed by atoms with Crippen LogP contribution in [0.3, 0.4) is 0 Å². The normalized spacial score (nSPS) is 11.2. The molecule has 0 saturated carbocycles. The van der Waals surface area contributed by atoms with E-state index in [1.165, 1.54) is 22.6 Å². The maximum atomic E-state index is 12.5. The summed E-state index contributed by atoms with van der Waals surface area (Å²) in [6, 6.07) is 0. The van der Waals surface area contributed by atoms with Gasteiger partial charge >= 0.3 is 12.3 Å². The van der Waals surface area contributed by atoms with E-state index in [1.807, 2.05) is 0 Å². The molecule has 0 amide bonds. The Labute approximate surface area is 112 Å². The van der Waals surface area contributed by atoms with Crippen molar-refractivity contribution < 1.29 is 31.8 Å². The molecule has 4 nitrogen and oxygen atoms in total. The Kier molecular flexibility index (Phi) is 4.71. The number of esters is 1. The summed E-state index contributed by atoms with van der Waals surface area (Å²) < 4.78 is 56.8. The van der Waals surface area contributed by atoms with Crippen molar-refractivity contribution in [3.05, 3.63) is 21.0 Å². The van der Waals surface area contributed by atoms with Gasteiger partial charge in [-0.2, -0.15) is 0 Å². The Bertz CT molecular complexity index is 464. The molecule has 0 aromatic carbocycles. The zero-order valence-electron chi connectivity index (χ0n) is 8.85. The molecule has 1 rings (SSSR count). The van der Waals surface area contributed by atoms with E-state index < -0.39 is 30.4 Å². The predicted octanol–water partition coefficient (Wildman–Crippen LogP) is 2.84. The Morgan fingerprint density at radius 3 is 2.56 bits per heavy atom. The first-order chi connectivity index (χ1) is 8.30. The van der Waals surface area contributed by atoms with Crippen LogP contribution in [-0.2, 0) is 11.4 Å². The van der Waals surface area contributed by atoms with Crippen molar-refractivity contribution in [2.45, 2.75) is 13.0 Å². The van der Waals surface area contributed by atoms with Gasteiger partial charge in [0.1, 0.15) is 12.4 Å². The monoisotopic (exact) mass is 379 g/mol. The van der Waals surface area contributed by atoms with Crippen molar-refractivity contribution in [1.82, 2.24) is 4.98 Å². The molecule has 0 radical (unpaired) electrons. The molecule has 0 aliphatic rings. The van der Waals surface area contributed by atoms with Crippen LogP contribution in [0.5, 0.6) is 5.75 Å². The largest absolute Gasteiger partial charge is 0.573 e. The van der Waals surface area contributed by atoms with Crippen LogP contribution >= 0.6 is 22.6 Å². The number of nitrogens with zero attached hydrogens (tertiary/aromatic N) is 1. The number of rotatable bonds is 3. The lowest BCUT2D eigenvalue weighted by atomic mass is 10.2. The van der Waals surface area contributed by atoms with Crippen molar-refractivity contribution in [2.24, 2.45) is 0 Å². The molecule has 1 heterocycles. The number of carbonyl (C=O) groups is 1. The molecule has 0 aliphatic heterocycles. The van der Waals surface area contributed by atoms with Crippen LogP contribution < -0.4 is 4.74 Å². The average molecular weight is 379 g/mol. The molecule has 0 saturated heterocycles. The summed E-state index contributed by atoms with van der Waals surface area (Å²) in [6.07, 6.45) is -4.06. The van der Waals surface area contributed by atoms with E-state index in [1.54, 1.807) is 0 Å². The summed E-state index contributed by atoms with van der Waals surface area (Å²) in [6.45, 7) is -1.25. The highest BCUT2D eigenvalue weighted by atomic mass is 127. The number of alkyl halides is 4. The third-order valence-electron chi connectivity index (χ3n) is 1.80. The molecule has 9 heteroatoms. The maximum Gasteiger partial charge on any atom is 0.573 e. The third kappa shape index (κ3) is 3.43. The van der Waals surface area contributed by atoms with E-state index >= 15 is 0 Å². The zero-order valence-corrected chi connectivity index (χ0v) is 11.0. The smallest absolute Gasteiger partial charge is 0.465 e. The van der Waals surface area contributed by atoms with Gasteiger partial charge in [0.15, 0.2) is 5.75 Å². The average Bonchev–Trinajstić information content (AvgIpc) is 2.29. The molecule has 1 aromatic rings. The second kappa shape index (κ2) is 5.67. The van der Waals surface area contributed by atoms with Gasteiger partial charge in [-0.15, -0.1) is 13.2 Å². The molecule has 0 unspecified atom stereocenters. The Morgan fingerprint density at radius 2 is 2.11 bits per heavy atom. The highest BCUT2D eigenvalue weighted by Gasteiger charge is 2.34. The van der Waals surface area contributed by atoms with Gasteiger partial charge in [-0.1, -0.05) is 0 Å². The van der Waals surface area contributed by atoms with Gasteiger partial charge < -0.3 is 9.47 Å². The lowest BCUT2D eigenvalue weighted by Crippen LogP contribution is -2.20. The summed E-state index contributed by atoms with van der Waals surface area (Å²) >= 11 is 1.44. The van der Waals surface area contributed by atoms with Crippen molar-refractivity contribution in [3.63, 3.8) is 0 Å². The molecule has 18 heavy (non-hydrogen) atoms. The molecular weight excluding hydrogens is 373 g/mol. The lowest BCUT2D eigenvalue weighted by Gasteiger charge is -2.14. The van der Waals surface area contributed by atoms with Gasteiger partial charge in [0.05, 0.1) is 16.2 Å². The summed E-state index contributed by atoms with van der Waals surface area (Å²) in [5.41, 5.74) is -0.765. The fourth-order valence-corrected chi connectivity index (χ4v) is 1.85. The number of pyridine rings is 1. The zero-order chi connectivity index (χ0) is 13.9. The molecule has 0 bridgehead atoms. The lowest BCUT2D eigenvalue weighted by molar-refractivity contribution is -0.275. The van der Waals surface area contributed by atoms with Crippen LogP contribution in [0.25, 0.3) is 0 Å². The minimum Gasteiger partial charge on any atom is -0.465 e. The van der Waals surface area contributed by atoms with Gasteiger partial charge in [0.2, 0.25) is 0 Å². The maximum absolute atomic E-state index is 12.5. The summed E-state index contributed by atoms with van der Waals surface area (Å²) in [5, 5.41) is 0. The first-order valence-corrected chi connectivity index (χ1v) is 5.45. The molecule has 0 aliphatic carbocycles. The quantitative estimate of drug-likeness (QED) is 0.461. The first-order valence-electron chi connectivity index (χ1n) is 4.37. The SMILES string of the molecule is COC(=O)c1cnc(CF)c(OC(F)(F)F)c1I. The van der Waals surface area contributed by atoms with Gasteiger partial charge in [0.25, 0.3) is 0 Å². The van der Waals surface area contributed by atoms with E-state index in [0.717, 1.165) is 13.3 Å². The van der Waals surface area contributed by atoms with Gasteiger partial charge in [0, 0.05) is 6.20 Å². The minimum atomic E-state index is -5.00. The highest BCUT2D eigenvalue weighted by molar-refractivity contribution is 14.1. The number of methoxy groups -OCH3 is 1. The van der Waals surface area contributed by atoms with Crippen LogP contribution in [0.4, 0.5) is 17.6 Å². The number of ether oxygens (including phenoxy) is 2. The van der Waals surface area contributed by atoms with Gasteiger partial charge in [-0.3, -0.25) is 4.98 Å². The van der Waals surface area contributed by atoms with Crippen LogP contribution in [-0.4, -0.2) is 24.4 Å². The minimum absolute atomic E-state index is 0.209. The van der Waals surface area contributed by atoms with Crippen molar-refractivity contribution in [3.8, 4) is 5.75 Å². The summed E-state index contributed by atoms with van der Waals surface area (Å²) in [7, 11) is 1.06. The van der Waals surface area contributed by atoms with Gasteiger partial charge in [-0.25, -0.2) is 9.18 Å². The number of halogens is 5. The van der Waals surface area contributed by atoms with Crippen LogP contribution in [0.15, 0.2) is 6.20 Å². The van der Waals surface area contributed by atoms with E-state index in [4.69, 9.17) is 0 Å². The highest BCUT2D eigenvalue weighted by Crippen LogP contribution is 2.32. The molecule has 0 spiro atoms. The standard InChI is InChI=1S/C9H6F4INO3/c1-17-8(16)4-3-15-5(2-10)7(6(4)14)18-9(11,12)13/h3H,2H2,1H3. The second-order valence-corrected chi connectivity index (χ2v) is 4.01. The van der Waals surface area contributed by atoms with E-state index in [-0.39, 0.29) is 9.13 Å². The summed E-state index contributed by atoms with van der Waals surface area (Å²) in [4.78, 5) is 14.7. The Morgan fingerprint density at radius 1 is 1.50 bits per heavy atom. The first kappa shape index (κ1) is 14.9. The predicted molar refractivity (Wildman–Crippen MR) is 59.8 cm³/mol. The van der Waals surface area contributed by atoms with Gasteiger partial charge in [-0.05, 0) is 22.6 Å². The van der Waals surface area contributed by atoms with Crippen molar-refractivity contribution in [2.75, 3.05) is 7.11 Å². The molecule has 1 aromatic heterocycles. The van der Waals surface area contributed by atoms with Crippen molar-refractivity contribution in [1.29, 1.82) is 0 Å². The molecular formula is C9H6F4INO3. The van der Waals surface area contributed by atoms with Crippen molar-refractivity contribution >= 4 is 28.6 Å². The van der Waals surface area contributed by atoms with Crippen LogP contribution in [0.2, 0.25) is 0 Å². The third-order valence-corrected chi connectivity index (χ3v) is 2.87. The molecule has 0 fully saturated rings. The van der Waals surface area contributed by atoms with E-state index in [2.05, 4.69) is 14.5 Å². The number of aromatic nitrogens is 1. The fraction of sp³-hybridized carbons (Fsp3) is 0.333. The Hall–Kier alpha value is -1.13. The Balaban J connectivity index is 3.31. The number of hydrogen-bond donors (Lipinski definition) is 0. The fourth-order valence-electron chi connectivity index (χ4n) is 1.07.